The Kier molecular flexibility index (Phi) is 22.4. The maximum atomic E-state index is 6.69. The summed E-state index contributed by atoms with van der Waals surface area (Å²) in [5, 5.41) is 12.2. The molecule has 27 aromatic rings. The summed E-state index contributed by atoms with van der Waals surface area (Å²) in [6.07, 6.45) is 14.6. The molecule has 149 heavy (non-hydrogen) atoms. The Morgan fingerprint density at radius 2 is 0.671 bits per heavy atom. The molecule has 16 aromatic carbocycles. The average molecular weight is 2470 g/mol. The van der Waals surface area contributed by atoms with Gasteiger partial charge in [-0.2, -0.15) is 42.5 Å². The zero-order chi connectivity index (χ0) is 98.1. The van der Waals surface area contributed by atoms with Crippen molar-refractivity contribution in [1.82, 2.24) is 51.7 Å². The van der Waals surface area contributed by atoms with Crippen LogP contribution in [0, 0.1) is 49.1 Å². The maximum Gasteiger partial charge on any atom is 2.00 e. The normalized spacial score (nSPS) is 13.6. The molecule has 0 unspecified atom stereocenters. The fraction of sp³-hybridized carbons (Fsp3) is 0.108. The molecule has 0 amide bonds. The minimum Gasteiger partial charge on any atom is -0.510 e. The number of nitrogens with zero attached hydrogens (tertiary/aromatic N) is 13. The fourth-order valence-corrected chi connectivity index (χ4v) is 23.6. The number of benzene rings is 16. The van der Waals surface area contributed by atoms with Crippen molar-refractivity contribution in [3.05, 3.63) is 453 Å². The first-order valence-corrected chi connectivity index (χ1v) is 49.4. The van der Waals surface area contributed by atoms with E-state index < -0.39 is 0 Å². The van der Waals surface area contributed by atoms with Crippen LogP contribution in [0.25, 0.3) is 193 Å². The van der Waals surface area contributed by atoms with Gasteiger partial charge in [-0.05, 0) is 115 Å². The SMILES string of the molecule is CC1(C)c2cccc3c4ccc(Oc5[c-]c6c(cc5)c5ccccc5n6-c5nccc6c5c5ccccc5n6-c5ccccc5)[c-]c4c4ncc(n4c23)C1(C)C.C[n+]1[c-]n(-c2[c-]c(Oc3[c-]c4c(cc3)c3ccccc3n4-c3nccc4c3-c3ccccc3C4(C)C)ccc2)c2ccccc21.C[n+]1[c-]n(-c2[c-]c(Oc3[c-]c4c(cc3)c3ccccc3n4-c3nccc4c3-c3ccccc3C4(C)C)ccc2)c2ccccc21.[Pt+2].[Pt].[Pt]. The first kappa shape index (κ1) is 93.8. The van der Waals surface area contributed by atoms with E-state index in [0.717, 1.165) is 160 Å². The minimum absolute atomic E-state index is 0. The third-order valence-corrected chi connectivity index (χ3v) is 31.3. The zero-order valence-electron chi connectivity index (χ0n) is 82.7. The van der Waals surface area contributed by atoms with Crippen LogP contribution < -0.4 is 23.3 Å². The summed E-state index contributed by atoms with van der Waals surface area (Å²) in [6.45, 7) is 18.5. The molecule has 0 radical (unpaired) electrons. The first-order chi connectivity index (χ1) is 71.3. The van der Waals surface area contributed by atoms with Crippen LogP contribution in [-0.2, 0) is 99.0 Å². The number of imidazole rings is 3. The number of ether oxygens (including phenoxy) is 3. The van der Waals surface area contributed by atoms with Crippen LogP contribution >= 0.6 is 0 Å². The Balaban J connectivity index is 0.000000116. The molecule has 2 aliphatic carbocycles. The van der Waals surface area contributed by atoms with E-state index in [4.69, 9.17) is 34.1 Å². The third-order valence-electron chi connectivity index (χ3n) is 31.3. The molecule has 12 heterocycles. The molecule has 19 heteroatoms. The van der Waals surface area contributed by atoms with Gasteiger partial charge in [0.05, 0.1) is 58.2 Å². The largest absolute Gasteiger partial charge is 2.00 e. The second-order valence-electron chi connectivity index (χ2n) is 40.4. The summed E-state index contributed by atoms with van der Waals surface area (Å²) in [6, 6.07) is 141. The van der Waals surface area contributed by atoms with Crippen LogP contribution in [0.5, 0.6) is 34.5 Å². The minimum atomic E-state index is -0.131. The van der Waals surface area contributed by atoms with E-state index in [1.165, 1.54) is 66.7 Å². The van der Waals surface area contributed by atoms with Crippen LogP contribution in [0.3, 0.4) is 0 Å². The van der Waals surface area contributed by atoms with E-state index in [1.807, 2.05) is 136 Å². The molecule has 30 rings (SSSR count). The summed E-state index contributed by atoms with van der Waals surface area (Å²) in [5.74, 6) is 6.30. The van der Waals surface area contributed by atoms with E-state index in [2.05, 4.69) is 394 Å². The second-order valence-corrected chi connectivity index (χ2v) is 40.4. The van der Waals surface area contributed by atoms with Gasteiger partial charge in [0, 0.05) is 173 Å². The van der Waals surface area contributed by atoms with Gasteiger partial charge < -0.3 is 55.1 Å². The summed E-state index contributed by atoms with van der Waals surface area (Å²) >= 11 is 0. The van der Waals surface area contributed by atoms with E-state index in [0.29, 0.717) is 34.5 Å². The van der Waals surface area contributed by atoms with Crippen molar-refractivity contribution in [3.63, 3.8) is 0 Å². The molecule has 0 saturated heterocycles. The van der Waals surface area contributed by atoms with E-state index in [-0.39, 0.29) is 84.9 Å². The Hall–Kier alpha value is -16.2. The number of pyridine rings is 4. The number of aromatic nitrogens is 13. The summed E-state index contributed by atoms with van der Waals surface area (Å²) in [5.41, 5.74) is 29.5. The molecule has 0 bridgehead atoms. The molecule has 11 aromatic heterocycles. The summed E-state index contributed by atoms with van der Waals surface area (Å²) in [7, 11) is 4.00. The smallest absolute Gasteiger partial charge is 0.510 e. The van der Waals surface area contributed by atoms with Gasteiger partial charge in [0.1, 0.15) is 17.5 Å². The van der Waals surface area contributed by atoms with Crippen LogP contribution in [-0.4, -0.2) is 51.7 Å². The molecule has 0 fully saturated rings. The van der Waals surface area contributed by atoms with Crippen molar-refractivity contribution in [2.45, 2.75) is 77.0 Å². The number of para-hydroxylation sites is 10. The summed E-state index contributed by atoms with van der Waals surface area (Å²) < 4.78 is 39.0. The van der Waals surface area contributed by atoms with Crippen molar-refractivity contribution < 1.29 is 86.5 Å². The number of fused-ring (bicyclic) bond motifs is 23. The summed E-state index contributed by atoms with van der Waals surface area (Å²) in [4.78, 5) is 20.2. The molecular weight excluding hydrogens is 2380 g/mol. The number of hydrogen-bond donors (Lipinski definition) is 0. The van der Waals surface area contributed by atoms with E-state index in [1.54, 1.807) is 0 Å². The predicted molar refractivity (Wildman–Crippen MR) is 581 cm³/mol. The molecule has 16 nitrogen and oxygen atoms in total. The molecule has 728 valence electrons. The molecule has 0 saturated carbocycles. The quantitative estimate of drug-likeness (QED) is 0.0678. The molecule has 1 aliphatic heterocycles. The molecular formula is C130H91N13O3Pt3-4. The molecule has 0 N–H and O–H groups in total. The van der Waals surface area contributed by atoms with Crippen molar-refractivity contribution in [2.24, 2.45) is 14.1 Å². The van der Waals surface area contributed by atoms with Gasteiger partial charge in [0.15, 0.2) is 0 Å². The Bertz CT molecular complexity index is 9870. The van der Waals surface area contributed by atoms with Crippen LogP contribution in [0.2, 0.25) is 0 Å². The van der Waals surface area contributed by atoms with Gasteiger partial charge in [0.2, 0.25) is 12.7 Å². The average Bonchev–Trinajstić information content (AvgIpc) is 1.50. The Labute approximate surface area is 902 Å². The van der Waals surface area contributed by atoms with Gasteiger partial charge in [-0.1, -0.05) is 306 Å². The topological polar surface area (TPSA) is 121 Å². The zero-order valence-corrected chi connectivity index (χ0v) is 89.5. The van der Waals surface area contributed by atoms with E-state index >= 15 is 0 Å². The Morgan fingerprint density at radius 3 is 1.17 bits per heavy atom. The van der Waals surface area contributed by atoms with Gasteiger partial charge >= 0.3 is 21.1 Å². The van der Waals surface area contributed by atoms with Gasteiger partial charge in [0.25, 0.3) is 0 Å². The number of hydrogen-bond acceptors (Lipinski definition) is 7. The molecule has 3 aliphatic rings. The van der Waals surface area contributed by atoms with Crippen molar-refractivity contribution in [2.75, 3.05) is 0 Å². The Morgan fingerprint density at radius 1 is 0.289 bits per heavy atom. The van der Waals surface area contributed by atoms with Crippen LogP contribution in [0.4, 0.5) is 0 Å². The van der Waals surface area contributed by atoms with E-state index in [9.17, 15) is 0 Å². The maximum absolute atomic E-state index is 6.69. The number of aryl methyl sites for hydroxylation is 2. The van der Waals surface area contributed by atoms with Gasteiger partial charge in [-0.25, -0.2) is 15.0 Å². The second kappa shape index (κ2) is 35.6. The van der Waals surface area contributed by atoms with Crippen LogP contribution in [0.1, 0.15) is 88.9 Å². The van der Waals surface area contributed by atoms with Crippen molar-refractivity contribution in [1.29, 1.82) is 0 Å². The van der Waals surface area contributed by atoms with Gasteiger partial charge in [-0.15, -0.1) is 89.0 Å². The fourth-order valence-electron chi connectivity index (χ4n) is 23.6. The number of rotatable bonds is 12. The monoisotopic (exact) mass is 2470 g/mol. The van der Waals surface area contributed by atoms with Crippen molar-refractivity contribution in [3.8, 4) is 91.3 Å². The third kappa shape index (κ3) is 14.3. The van der Waals surface area contributed by atoms with Crippen molar-refractivity contribution >= 4 is 137 Å². The first-order valence-electron chi connectivity index (χ1n) is 49.4. The standard InChI is InChI=1S/C50H35N5O.2C40H28N4O.3Pt/c1-49(2)39-18-12-17-36-33-23-21-31(27-38(33)47-52-29-44(50(49,3)4)55(47)46(36)39)56-32-22-24-35-34-15-8-10-19-40(34)54(43(35)28-32)48-45-37-16-9-11-20-41(37)53(42(45)25-26-51-48)30-13-6-5-7-14-30;2*1-40(2)32-15-6-4-14-31(32)38-33(40)21-22-41-39(38)44-34-16-7-5-13-29(34)30-20-19-28(24-37(30)44)45-27-12-10-11-26(23-27)43-25-42(3)35-17-8-9-18-36(35)43;;;/h5-26,29H,1-4H3;2*4-22H,1-3H3;;;/q3*-2;;;+2. The predicted octanol–water partition coefficient (Wildman–Crippen LogP) is 29.1. The molecule has 0 atom stereocenters. The van der Waals surface area contributed by atoms with Crippen LogP contribution in [0.15, 0.2) is 371 Å². The van der Waals surface area contributed by atoms with Gasteiger partial charge in [-0.3, -0.25) is 4.98 Å². The molecule has 0 spiro atoms.